The molecule has 0 bridgehead atoms. The minimum Gasteiger partial charge on any atom is -0.496 e. The van der Waals surface area contributed by atoms with Gasteiger partial charge in [0.15, 0.2) is 0 Å². The van der Waals surface area contributed by atoms with Gasteiger partial charge in [-0.2, -0.15) is 0 Å². The average molecular weight is 262 g/mol. The monoisotopic (exact) mass is 262 g/mol. The highest BCUT2D eigenvalue weighted by molar-refractivity contribution is 6.07. The van der Waals surface area contributed by atoms with Crippen molar-refractivity contribution in [3.8, 4) is 5.75 Å². The van der Waals surface area contributed by atoms with Gasteiger partial charge in [-0.3, -0.25) is 0 Å². The molecule has 0 saturated carbocycles. The molecule has 0 radical (unpaired) electrons. The van der Waals surface area contributed by atoms with E-state index >= 15 is 0 Å². The zero-order valence-corrected chi connectivity index (χ0v) is 11.0. The van der Waals surface area contributed by atoms with Gasteiger partial charge in [-0.1, -0.05) is 0 Å². The van der Waals surface area contributed by atoms with Crippen LogP contribution in [0, 0.1) is 6.92 Å². The Kier molecular flexibility index (Phi) is 3.55. The lowest BCUT2D eigenvalue weighted by Gasteiger charge is -2.06. The molecule has 0 spiro atoms. The Morgan fingerprint density at radius 3 is 2.79 bits per heavy atom. The molecule has 1 heterocycles. The van der Waals surface area contributed by atoms with Gasteiger partial charge in [0.1, 0.15) is 11.5 Å². The summed E-state index contributed by atoms with van der Waals surface area (Å²) < 4.78 is 15.0. The summed E-state index contributed by atoms with van der Waals surface area (Å²) in [6.45, 7) is 3.75. The average Bonchev–Trinajstić information content (AvgIpc) is 2.67. The standard InChI is InChI=1S/C14H14O5/c1-4-18-12(15)7-11-9-5-6-10(17-3)8(2)13(9)14(16)19-11/h5-7H,4H2,1-3H3/b11-7+. The van der Waals surface area contributed by atoms with Crippen molar-refractivity contribution >= 4 is 17.7 Å². The Labute approximate surface area is 110 Å². The van der Waals surface area contributed by atoms with Crippen LogP contribution in [0.2, 0.25) is 0 Å². The molecule has 0 fully saturated rings. The van der Waals surface area contributed by atoms with Gasteiger partial charge in [0.25, 0.3) is 0 Å². The minimum absolute atomic E-state index is 0.212. The molecule has 0 aromatic heterocycles. The molecule has 1 aromatic carbocycles. The van der Waals surface area contributed by atoms with Crippen LogP contribution in [0.1, 0.15) is 28.4 Å². The number of carbonyl (C=O) groups is 2. The molecule has 1 aromatic rings. The maximum atomic E-state index is 11.8. The highest BCUT2D eigenvalue weighted by Crippen LogP contribution is 2.35. The maximum Gasteiger partial charge on any atom is 0.344 e. The largest absolute Gasteiger partial charge is 0.496 e. The maximum absolute atomic E-state index is 11.8. The van der Waals surface area contributed by atoms with Gasteiger partial charge in [0, 0.05) is 11.1 Å². The van der Waals surface area contributed by atoms with Crippen LogP contribution in [-0.4, -0.2) is 25.7 Å². The van der Waals surface area contributed by atoms with E-state index in [-0.39, 0.29) is 12.4 Å². The quantitative estimate of drug-likeness (QED) is 0.616. The molecule has 5 nitrogen and oxygen atoms in total. The van der Waals surface area contributed by atoms with Crippen LogP contribution in [0.15, 0.2) is 18.2 Å². The summed E-state index contributed by atoms with van der Waals surface area (Å²) in [4.78, 5) is 23.2. The Bertz CT molecular complexity index is 571. The van der Waals surface area contributed by atoms with E-state index in [1.807, 2.05) is 0 Å². The number of fused-ring (bicyclic) bond motifs is 1. The van der Waals surface area contributed by atoms with E-state index in [0.29, 0.717) is 22.4 Å². The summed E-state index contributed by atoms with van der Waals surface area (Å²) in [5.74, 6) is -0.203. The van der Waals surface area contributed by atoms with Crippen molar-refractivity contribution in [1.82, 2.24) is 0 Å². The molecule has 0 unspecified atom stereocenters. The summed E-state index contributed by atoms with van der Waals surface area (Å²) in [5.41, 5.74) is 1.70. The SMILES string of the molecule is CCOC(=O)/C=C1/OC(=O)c2c1ccc(OC)c2C. The molecule has 100 valence electrons. The first-order chi connectivity index (χ1) is 9.08. The first kappa shape index (κ1) is 13.1. The van der Waals surface area contributed by atoms with Gasteiger partial charge in [-0.25, -0.2) is 9.59 Å². The van der Waals surface area contributed by atoms with Gasteiger partial charge in [-0.05, 0) is 26.0 Å². The van der Waals surface area contributed by atoms with Gasteiger partial charge < -0.3 is 14.2 Å². The van der Waals surface area contributed by atoms with Crippen LogP contribution in [-0.2, 0) is 14.3 Å². The molecule has 5 heteroatoms. The summed E-state index contributed by atoms with van der Waals surface area (Å²) in [7, 11) is 1.53. The van der Waals surface area contributed by atoms with E-state index in [4.69, 9.17) is 14.2 Å². The number of benzene rings is 1. The van der Waals surface area contributed by atoms with Crippen LogP contribution in [0.25, 0.3) is 5.76 Å². The second-order valence-corrected chi connectivity index (χ2v) is 3.97. The molecule has 1 aliphatic heterocycles. The number of methoxy groups -OCH3 is 1. The fourth-order valence-corrected chi connectivity index (χ4v) is 1.99. The topological polar surface area (TPSA) is 61.8 Å². The number of hydrogen-bond donors (Lipinski definition) is 0. The van der Waals surface area contributed by atoms with Crippen molar-refractivity contribution in [2.75, 3.05) is 13.7 Å². The fraction of sp³-hybridized carbons (Fsp3) is 0.286. The smallest absolute Gasteiger partial charge is 0.344 e. The fourth-order valence-electron chi connectivity index (χ4n) is 1.99. The number of cyclic esters (lactones) is 1. The van der Waals surface area contributed by atoms with Crippen LogP contribution >= 0.6 is 0 Å². The first-order valence-electron chi connectivity index (χ1n) is 5.87. The summed E-state index contributed by atoms with van der Waals surface area (Å²) >= 11 is 0. The molecule has 1 aliphatic rings. The molecule has 0 saturated heterocycles. The number of ether oxygens (including phenoxy) is 3. The Hall–Kier alpha value is -2.30. The summed E-state index contributed by atoms with van der Waals surface area (Å²) in [6.07, 6.45) is 1.18. The zero-order valence-electron chi connectivity index (χ0n) is 11.0. The molecule has 2 rings (SSSR count). The predicted molar refractivity (Wildman–Crippen MR) is 67.8 cm³/mol. The molecular weight excluding hydrogens is 248 g/mol. The van der Waals surface area contributed by atoms with Crippen LogP contribution in [0.4, 0.5) is 0 Å². The van der Waals surface area contributed by atoms with E-state index in [1.165, 1.54) is 13.2 Å². The van der Waals surface area contributed by atoms with Gasteiger partial charge in [0.2, 0.25) is 0 Å². The van der Waals surface area contributed by atoms with Crippen molar-refractivity contribution in [2.24, 2.45) is 0 Å². The third-order valence-electron chi connectivity index (χ3n) is 2.84. The van der Waals surface area contributed by atoms with E-state index < -0.39 is 11.9 Å². The van der Waals surface area contributed by atoms with Gasteiger partial charge >= 0.3 is 11.9 Å². The molecule has 0 atom stereocenters. The number of rotatable bonds is 3. The summed E-state index contributed by atoms with van der Waals surface area (Å²) in [5, 5.41) is 0. The van der Waals surface area contributed by atoms with Gasteiger partial charge in [-0.15, -0.1) is 0 Å². The Balaban J connectivity index is 2.46. The normalized spacial score (nSPS) is 15.1. The van der Waals surface area contributed by atoms with E-state index in [1.54, 1.807) is 26.0 Å². The Morgan fingerprint density at radius 2 is 2.16 bits per heavy atom. The van der Waals surface area contributed by atoms with Crippen LogP contribution in [0.3, 0.4) is 0 Å². The highest BCUT2D eigenvalue weighted by atomic mass is 16.6. The zero-order chi connectivity index (χ0) is 14.0. The van der Waals surface area contributed by atoms with Gasteiger partial charge in [0.05, 0.1) is 25.4 Å². The molecule has 0 amide bonds. The predicted octanol–water partition coefficient (Wildman–Crippen LogP) is 2.08. The lowest BCUT2D eigenvalue weighted by atomic mass is 10.0. The van der Waals surface area contributed by atoms with Crippen LogP contribution < -0.4 is 4.74 Å². The molecular formula is C14H14O5. The lowest BCUT2D eigenvalue weighted by Crippen LogP contribution is -2.01. The third kappa shape index (κ3) is 2.31. The van der Waals surface area contributed by atoms with E-state index in [0.717, 1.165) is 0 Å². The van der Waals surface area contributed by atoms with Crippen molar-refractivity contribution in [3.63, 3.8) is 0 Å². The van der Waals surface area contributed by atoms with Crippen molar-refractivity contribution in [2.45, 2.75) is 13.8 Å². The van der Waals surface area contributed by atoms with Crippen molar-refractivity contribution in [1.29, 1.82) is 0 Å². The van der Waals surface area contributed by atoms with Crippen molar-refractivity contribution in [3.05, 3.63) is 34.9 Å². The minimum atomic E-state index is -0.536. The summed E-state index contributed by atoms with van der Waals surface area (Å²) in [6, 6.07) is 3.42. The highest BCUT2D eigenvalue weighted by Gasteiger charge is 2.30. The van der Waals surface area contributed by atoms with E-state index in [9.17, 15) is 9.59 Å². The number of esters is 2. The molecule has 0 aliphatic carbocycles. The van der Waals surface area contributed by atoms with Crippen molar-refractivity contribution < 1.29 is 23.8 Å². The number of hydrogen-bond acceptors (Lipinski definition) is 5. The second kappa shape index (κ2) is 5.14. The second-order valence-electron chi connectivity index (χ2n) is 3.97. The molecule has 19 heavy (non-hydrogen) atoms. The third-order valence-corrected chi connectivity index (χ3v) is 2.84. The molecule has 0 N–H and O–H groups in total. The Morgan fingerprint density at radius 1 is 1.42 bits per heavy atom. The van der Waals surface area contributed by atoms with Crippen LogP contribution in [0.5, 0.6) is 5.75 Å². The first-order valence-corrected chi connectivity index (χ1v) is 5.87. The number of carbonyl (C=O) groups excluding carboxylic acids is 2. The lowest BCUT2D eigenvalue weighted by molar-refractivity contribution is -0.137. The van der Waals surface area contributed by atoms with E-state index in [2.05, 4.69) is 0 Å².